The summed E-state index contributed by atoms with van der Waals surface area (Å²) in [5.41, 5.74) is 16.5. The first-order chi connectivity index (χ1) is 21.3. The summed E-state index contributed by atoms with van der Waals surface area (Å²) >= 11 is 0. The van der Waals surface area contributed by atoms with Crippen LogP contribution in [-0.4, -0.2) is 4.98 Å². The Bertz CT molecular complexity index is 2350. The van der Waals surface area contributed by atoms with Crippen molar-refractivity contribution in [2.24, 2.45) is 0 Å². The average molecular weight is 548 g/mol. The lowest BCUT2D eigenvalue weighted by Crippen LogP contribution is -1.97. The van der Waals surface area contributed by atoms with Gasteiger partial charge in [0.05, 0.1) is 6.20 Å². The van der Waals surface area contributed by atoms with Crippen molar-refractivity contribution in [3.05, 3.63) is 152 Å². The van der Waals surface area contributed by atoms with Gasteiger partial charge in [-0.05, 0) is 97.1 Å². The largest absolute Gasteiger partial charge is 0.454 e. The van der Waals surface area contributed by atoms with Crippen LogP contribution in [0.1, 0.15) is 0 Å². The molecule has 2 nitrogen and oxygen atoms in total. The van der Waals surface area contributed by atoms with Crippen molar-refractivity contribution in [2.45, 2.75) is 0 Å². The Morgan fingerprint density at radius 1 is 0.349 bits per heavy atom. The topological polar surface area (TPSA) is 26.0 Å². The van der Waals surface area contributed by atoms with Gasteiger partial charge in [-0.2, -0.15) is 0 Å². The van der Waals surface area contributed by atoms with Gasteiger partial charge in [0, 0.05) is 17.0 Å². The zero-order valence-electron chi connectivity index (χ0n) is 23.3. The highest BCUT2D eigenvalue weighted by Gasteiger charge is 2.21. The lowest BCUT2D eigenvalue weighted by molar-refractivity contribution is 0.667. The Hall–Kier alpha value is -5.73. The molecule has 0 radical (unpaired) electrons. The molecule has 0 atom stereocenters. The summed E-state index contributed by atoms with van der Waals surface area (Å²) in [5, 5.41) is 2.20. The first-order valence-electron chi connectivity index (χ1n) is 14.6. The molecule has 0 aliphatic heterocycles. The average Bonchev–Trinajstić information content (AvgIpc) is 3.46. The molecule has 0 spiro atoms. The monoisotopic (exact) mass is 547 g/mol. The summed E-state index contributed by atoms with van der Waals surface area (Å²) in [4.78, 5) is 4.22. The molecule has 0 saturated carbocycles. The first-order valence-corrected chi connectivity index (χ1v) is 14.6. The maximum atomic E-state index is 6.02. The molecule has 0 amide bonds. The number of pyridine rings is 1. The Kier molecular flexibility index (Phi) is 5.23. The summed E-state index contributed by atoms with van der Waals surface area (Å²) in [7, 11) is 0. The molecule has 2 heteroatoms. The zero-order chi connectivity index (χ0) is 28.3. The van der Waals surface area contributed by atoms with E-state index in [9.17, 15) is 0 Å². The quantitative estimate of drug-likeness (QED) is 0.215. The van der Waals surface area contributed by atoms with Gasteiger partial charge in [-0.3, -0.25) is 4.98 Å². The third-order valence-electron chi connectivity index (χ3n) is 8.76. The van der Waals surface area contributed by atoms with Crippen molar-refractivity contribution >= 4 is 21.9 Å². The zero-order valence-corrected chi connectivity index (χ0v) is 23.3. The SMILES string of the molecule is c1cc(-c2ccc3c(c2)-c2ccccc2-c2ccccc2-c2ccccc2-3)cc(-c2ccc3oc4cnccc4c3c2)c1. The van der Waals surface area contributed by atoms with E-state index in [1.807, 2.05) is 12.3 Å². The molecular weight excluding hydrogens is 522 g/mol. The summed E-state index contributed by atoms with van der Waals surface area (Å²) in [6.07, 6.45) is 3.60. The second kappa shape index (κ2) is 9.40. The lowest BCUT2D eigenvalue weighted by atomic mass is 9.80. The molecule has 0 fully saturated rings. The van der Waals surface area contributed by atoms with Gasteiger partial charge >= 0.3 is 0 Å². The minimum atomic E-state index is 0.814. The van der Waals surface area contributed by atoms with E-state index < -0.39 is 0 Å². The minimum Gasteiger partial charge on any atom is -0.454 e. The van der Waals surface area contributed by atoms with E-state index in [2.05, 4.69) is 138 Å². The normalized spacial score (nSPS) is 11.7. The van der Waals surface area contributed by atoms with Gasteiger partial charge in [0.2, 0.25) is 0 Å². The number of furan rings is 1. The van der Waals surface area contributed by atoms with Crippen molar-refractivity contribution in [3.63, 3.8) is 0 Å². The van der Waals surface area contributed by atoms with Gasteiger partial charge in [-0.1, -0.05) is 109 Å². The van der Waals surface area contributed by atoms with E-state index >= 15 is 0 Å². The fraction of sp³-hybridized carbons (Fsp3) is 0. The van der Waals surface area contributed by atoms with Crippen LogP contribution in [0.15, 0.2) is 156 Å². The highest BCUT2D eigenvalue weighted by molar-refractivity contribution is 6.06. The van der Waals surface area contributed by atoms with E-state index in [1.165, 1.54) is 61.2 Å². The molecule has 0 N–H and O–H groups in total. The second-order valence-corrected chi connectivity index (χ2v) is 11.2. The molecule has 6 aromatic carbocycles. The molecule has 1 aliphatic rings. The molecule has 9 rings (SSSR count). The van der Waals surface area contributed by atoms with Crippen molar-refractivity contribution in [1.29, 1.82) is 0 Å². The van der Waals surface area contributed by atoms with Crippen LogP contribution in [0.4, 0.5) is 0 Å². The maximum absolute atomic E-state index is 6.02. The van der Waals surface area contributed by atoms with Crippen molar-refractivity contribution < 1.29 is 4.42 Å². The van der Waals surface area contributed by atoms with Crippen LogP contribution < -0.4 is 0 Å². The highest BCUT2D eigenvalue weighted by Crippen LogP contribution is 2.48. The number of hydrogen-bond donors (Lipinski definition) is 0. The summed E-state index contributed by atoms with van der Waals surface area (Å²) < 4.78 is 6.02. The number of hydrogen-bond acceptors (Lipinski definition) is 2. The van der Waals surface area contributed by atoms with Gasteiger partial charge in [-0.25, -0.2) is 0 Å². The molecule has 43 heavy (non-hydrogen) atoms. The van der Waals surface area contributed by atoms with Crippen LogP contribution in [0.25, 0.3) is 88.7 Å². The molecule has 8 aromatic rings. The summed E-state index contributed by atoms with van der Waals surface area (Å²) in [6.45, 7) is 0. The fourth-order valence-electron chi connectivity index (χ4n) is 6.73. The van der Waals surface area contributed by atoms with Crippen molar-refractivity contribution in [1.82, 2.24) is 4.98 Å². The van der Waals surface area contributed by atoms with Crippen LogP contribution in [-0.2, 0) is 0 Å². The molecule has 0 bridgehead atoms. The Morgan fingerprint density at radius 2 is 0.860 bits per heavy atom. The number of fused-ring (bicyclic) bond motifs is 11. The van der Waals surface area contributed by atoms with Crippen LogP contribution in [0.3, 0.4) is 0 Å². The second-order valence-electron chi connectivity index (χ2n) is 11.2. The predicted octanol–water partition coefficient (Wildman–Crippen LogP) is 11.3. The molecular formula is C41H25NO. The first kappa shape index (κ1) is 23.9. The van der Waals surface area contributed by atoms with Gasteiger partial charge in [0.15, 0.2) is 5.58 Å². The lowest BCUT2D eigenvalue weighted by Gasteiger charge is -2.23. The van der Waals surface area contributed by atoms with Crippen LogP contribution in [0.5, 0.6) is 0 Å². The summed E-state index contributed by atoms with van der Waals surface area (Å²) in [6, 6.07) is 50.6. The van der Waals surface area contributed by atoms with Gasteiger partial charge in [-0.15, -0.1) is 0 Å². The molecule has 0 saturated heterocycles. The van der Waals surface area contributed by atoms with Crippen LogP contribution >= 0.6 is 0 Å². The summed E-state index contributed by atoms with van der Waals surface area (Å²) in [5.74, 6) is 0. The van der Waals surface area contributed by atoms with Crippen molar-refractivity contribution in [2.75, 3.05) is 0 Å². The smallest absolute Gasteiger partial charge is 0.153 e. The molecule has 0 unspecified atom stereocenters. The van der Waals surface area contributed by atoms with E-state index in [0.717, 1.165) is 27.5 Å². The third kappa shape index (κ3) is 3.77. The van der Waals surface area contributed by atoms with Gasteiger partial charge < -0.3 is 4.42 Å². The molecule has 2 heterocycles. The number of rotatable bonds is 2. The van der Waals surface area contributed by atoms with E-state index in [4.69, 9.17) is 4.42 Å². The van der Waals surface area contributed by atoms with E-state index in [0.29, 0.717) is 0 Å². The molecule has 1 aliphatic carbocycles. The number of benzene rings is 6. The predicted molar refractivity (Wildman–Crippen MR) is 178 cm³/mol. The maximum Gasteiger partial charge on any atom is 0.153 e. The van der Waals surface area contributed by atoms with Gasteiger partial charge in [0.25, 0.3) is 0 Å². The number of aromatic nitrogens is 1. The minimum absolute atomic E-state index is 0.814. The van der Waals surface area contributed by atoms with Crippen LogP contribution in [0.2, 0.25) is 0 Å². The fourth-order valence-corrected chi connectivity index (χ4v) is 6.73. The van der Waals surface area contributed by atoms with E-state index in [1.54, 1.807) is 6.20 Å². The third-order valence-corrected chi connectivity index (χ3v) is 8.76. The standard InChI is InChI=1S/C41H25NO/c1-2-11-31-30(10-1)32-12-3-4-14-34(32)36-18-16-28(23-38(36)35-15-6-5-13-33(31)35)26-8-7-9-27(22-26)29-17-19-40-39(24-29)37-20-21-42-25-41(37)43-40/h1-25H. The van der Waals surface area contributed by atoms with Crippen molar-refractivity contribution in [3.8, 4) is 66.8 Å². The molecule has 2 aromatic heterocycles. The highest BCUT2D eigenvalue weighted by atomic mass is 16.3. The Morgan fingerprint density at radius 3 is 1.49 bits per heavy atom. The van der Waals surface area contributed by atoms with Crippen LogP contribution in [0, 0.1) is 0 Å². The number of nitrogens with zero attached hydrogens (tertiary/aromatic N) is 1. The molecule has 200 valence electrons. The Labute approximate surface area is 249 Å². The Balaban J connectivity index is 1.22. The van der Waals surface area contributed by atoms with E-state index in [-0.39, 0.29) is 0 Å². The van der Waals surface area contributed by atoms with Gasteiger partial charge in [0.1, 0.15) is 5.58 Å².